The lowest BCUT2D eigenvalue weighted by atomic mass is 10.0. The summed E-state index contributed by atoms with van der Waals surface area (Å²) in [6.45, 7) is 7.60. The Hall–Kier alpha value is -0.870. The summed E-state index contributed by atoms with van der Waals surface area (Å²) in [7, 11) is -4.05. The molecule has 10 heteroatoms. The monoisotopic (exact) mass is 429 g/mol. The summed E-state index contributed by atoms with van der Waals surface area (Å²) >= 11 is 0. The molecule has 156 valence electrons. The van der Waals surface area contributed by atoms with Gasteiger partial charge in [-0.25, -0.2) is 13.1 Å². The molecule has 1 saturated heterocycles. The summed E-state index contributed by atoms with van der Waals surface area (Å²) in [6.07, 6.45) is -4.51. The van der Waals surface area contributed by atoms with Crippen LogP contribution in [-0.2, 0) is 10.0 Å². The van der Waals surface area contributed by atoms with Crippen molar-refractivity contribution in [2.24, 2.45) is 0 Å². The summed E-state index contributed by atoms with van der Waals surface area (Å²) < 4.78 is 68.2. The van der Waals surface area contributed by atoms with E-state index in [4.69, 9.17) is 0 Å². The third-order valence-electron chi connectivity index (χ3n) is 5.00. The Balaban J connectivity index is 0.00000364. The molecule has 1 aromatic rings. The van der Waals surface area contributed by atoms with Crippen molar-refractivity contribution >= 4 is 22.4 Å². The first-order valence-electron chi connectivity index (χ1n) is 8.53. The van der Waals surface area contributed by atoms with Crippen molar-refractivity contribution in [2.45, 2.75) is 44.8 Å². The van der Waals surface area contributed by atoms with Gasteiger partial charge in [-0.3, -0.25) is 4.90 Å². The van der Waals surface area contributed by atoms with E-state index in [1.165, 1.54) is 4.90 Å². The van der Waals surface area contributed by atoms with Crippen LogP contribution < -0.4 is 10.0 Å². The van der Waals surface area contributed by atoms with Crippen LogP contribution >= 0.6 is 12.4 Å². The molecule has 0 amide bonds. The molecule has 0 aromatic heterocycles. The van der Waals surface area contributed by atoms with Gasteiger partial charge in [-0.05, 0) is 49.9 Å². The SMILES string of the molecule is Cc1cc(C)c(C)c(S(=O)(=O)NCC(N2CCNCC2)C(F)(F)F)c1C.Cl. The largest absolute Gasteiger partial charge is 0.405 e. The molecule has 0 spiro atoms. The van der Waals surface area contributed by atoms with Crippen LogP contribution in [0.3, 0.4) is 0 Å². The minimum absolute atomic E-state index is 0. The van der Waals surface area contributed by atoms with Gasteiger partial charge in [0.15, 0.2) is 0 Å². The number of hydrogen-bond acceptors (Lipinski definition) is 4. The van der Waals surface area contributed by atoms with Gasteiger partial charge in [0.25, 0.3) is 0 Å². The van der Waals surface area contributed by atoms with Gasteiger partial charge in [0.1, 0.15) is 6.04 Å². The predicted octanol–water partition coefficient (Wildman–Crippen LogP) is 2.46. The molecule has 1 aromatic carbocycles. The standard InChI is InChI=1S/C17H26F3N3O2S.ClH/c1-11-9-12(2)14(4)16(13(11)3)26(24,25)22-10-15(17(18,19)20)23-7-5-21-6-8-23;/h9,15,21-22H,5-8,10H2,1-4H3;1H. The normalized spacial score (nSPS) is 17.4. The average Bonchev–Trinajstić information content (AvgIpc) is 2.53. The molecule has 1 heterocycles. The zero-order chi connectivity index (χ0) is 19.7. The summed E-state index contributed by atoms with van der Waals surface area (Å²) in [4.78, 5) is 1.36. The number of halogens is 4. The first-order valence-corrected chi connectivity index (χ1v) is 10.0. The molecule has 27 heavy (non-hydrogen) atoms. The highest BCUT2D eigenvalue weighted by atomic mass is 35.5. The second-order valence-corrected chi connectivity index (χ2v) is 8.49. The maximum absolute atomic E-state index is 13.5. The first-order chi connectivity index (χ1) is 11.9. The van der Waals surface area contributed by atoms with Crippen molar-refractivity contribution in [3.05, 3.63) is 28.3 Å². The second kappa shape index (κ2) is 9.09. The zero-order valence-electron chi connectivity index (χ0n) is 15.9. The molecule has 0 aliphatic carbocycles. The summed E-state index contributed by atoms with van der Waals surface area (Å²) in [6, 6.07) is 0.0361. The number of piperazine rings is 1. The molecule has 2 N–H and O–H groups in total. The van der Waals surface area contributed by atoms with E-state index < -0.39 is 28.8 Å². The van der Waals surface area contributed by atoms with E-state index >= 15 is 0 Å². The molecule has 0 bridgehead atoms. The molecular formula is C17H27ClF3N3O2S. The molecule has 1 unspecified atom stereocenters. The quantitative estimate of drug-likeness (QED) is 0.754. The van der Waals surface area contributed by atoms with Crippen molar-refractivity contribution in [1.29, 1.82) is 0 Å². The number of rotatable bonds is 5. The predicted molar refractivity (Wildman–Crippen MR) is 102 cm³/mol. The van der Waals surface area contributed by atoms with Crippen LogP contribution in [0.25, 0.3) is 0 Å². The minimum atomic E-state index is -4.51. The van der Waals surface area contributed by atoms with E-state index in [0.29, 0.717) is 24.2 Å². The van der Waals surface area contributed by atoms with Gasteiger partial charge in [0.05, 0.1) is 4.90 Å². The van der Waals surface area contributed by atoms with E-state index in [0.717, 1.165) is 11.1 Å². The number of sulfonamides is 1. The average molecular weight is 430 g/mol. The highest BCUT2D eigenvalue weighted by Gasteiger charge is 2.44. The smallest absolute Gasteiger partial charge is 0.314 e. The molecule has 1 aliphatic heterocycles. The van der Waals surface area contributed by atoms with Crippen molar-refractivity contribution in [1.82, 2.24) is 14.9 Å². The van der Waals surface area contributed by atoms with Gasteiger partial charge >= 0.3 is 6.18 Å². The minimum Gasteiger partial charge on any atom is -0.314 e. The van der Waals surface area contributed by atoms with Gasteiger partial charge in [-0.1, -0.05) is 6.07 Å². The Morgan fingerprint density at radius 2 is 1.59 bits per heavy atom. The molecule has 5 nitrogen and oxygen atoms in total. The lowest BCUT2D eigenvalue weighted by Gasteiger charge is -2.36. The third-order valence-corrected chi connectivity index (χ3v) is 6.70. The molecule has 0 saturated carbocycles. The Morgan fingerprint density at radius 3 is 2.04 bits per heavy atom. The van der Waals surface area contributed by atoms with Crippen molar-refractivity contribution in [3.8, 4) is 0 Å². The number of hydrogen-bond donors (Lipinski definition) is 2. The highest BCUT2D eigenvalue weighted by Crippen LogP contribution is 2.28. The Morgan fingerprint density at radius 1 is 1.11 bits per heavy atom. The maximum atomic E-state index is 13.5. The van der Waals surface area contributed by atoms with Crippen molar-refractivity contribution in [3.63, 3.8) is 0 Å². The summed E-state index contributed by atoms with van der Waals surface area (Å²) in [5.41, 5.74) is 2.71. The van der Waals surface area contributed by atoms with Crippen molar-refractivity contribution < 1.29 is 21.6 Å². The van der Waals surface area contributed by atoms with Crippen LogP contribution in [0.15, 0.2) is 11.0 Å². The van der Waals surface area contributed by atoms with Gasteiger partial charge < -0.3 is 5.32 Å². The highest BCUT2D eigenvalue weighted by molar-refractivity contribution is 7.89. The molecular weight excluding hydrogens is 403 g/mol. The van der Waals surface area contributed by atoms with Gasteiger partial charge in [-0.15, -0.1) is 12.4 Å². The number of nitrogens with one attached hydrogen (secondary N) is 2. The van der Waals surface area contributed by atoms with Gasteiger partial charge in [-0.2, -0.15) is 13.2 Å². The van der Waals surface area contributed by atoms with Gasteiger partial charge in [0.2, 0.25) is 10.0 Å². The Kier molecular flexibility index (Phi) is 8.13. The number of benzene rings is 1. The lowest BCUT2D eigenvalue weighted by Crippen LogP contribution is -2.57. The van der Waals surface area contributed by atoms with E-state index in [1.54, 1.807) is 27.7 Å². The van der Waals surface area contributed by atoms with Crippen LogP contribution in [0.2, 0.25) is 0 Å². The van der Waals surface area contributed by atoms with Crippen LogP contribution in [0.1, 0.15) is 22.3 Å². The zero-order valence-corrected chi connectivity index (χ0v) is 17.5. The fourth-order valence-electron chi connectivity index (χ4n) is 3.29. The topological polar surface area (TPSA) is 61.4 Å². The number of aryl methyl sites for hydroxylation is 2. The second-order valence-electron chi connectivity index (χ2n) is 6.78. The molecule has 1 atom stereocenters. The molecule has 0 radical (unpaired) electrons. The number of nitrogens with zero attached hydrogens (tertiary/aromatic N) is 1. The van der Waals surface area contributed by atoms with E-state index in [-0.39, 0.29) is 30.4 Å². The van der Waals surface area contributed by atoms with E-state index in [1.807, 2.05) is 6.07 Å². The molecule has 2 rings (SSSR count). The Bertz CT molecular complexity index is 737. The first kappa shape index (κ1) is 24.2. The molecule has 1 aliphatic rings. The fourth-order valence-corrected chi connectivity index (χ4v) is 4.94. The van der Waals surface area contributed by atoms with E-state index in [9.17, 15) is 21.6 Å². The van der Waals surface area contributed by atoms with Crippen LogP contribution in [0, 0.1) is 27.7 Å². The number of alkyl halides is 3. The maximum Gasteiger partial charge on any atom is 0.405 e. The van der Waals surface area contributed by atoms with E-state index in [2.05, 4.69) is 10.0 Å². The van der Waals surface area contributed by atoms with Crippen LogP contribution in [0.4, 0.5) is 13.2 Å². The third kappa shape index (κ3) is 5.57. The lowest BCUT2D eigenvalue weighted by molar-refractivity contribution is -0.182. The Labute approximate surface area is 165 Å². The van der Waals surface area contributed by atoms with Crippen molar-refractivity contribution in [2.75, 3.05) is 32.7 Å². The van der Waals surface area contributed by atoms with Crippen LogP contribution in [-0.4, -0.2) is 58.3 Å². The summed E-state index contributed by atoms with van der Waals surface area (Å²) in [5, 5.41) is 3.00. The van der Waals surface area contributed by atoms with Crippen LogP contribution in [0.5, 0.6) is 0 Å². The van der Waals surface area contributed by atoms with Gasteiger partial charge in [0, 0.05) is 32.7 Å². The molecule has 1 fully saturated rings. The summed E-state index contributed by atoms with van der Waals surface area (Å²) in [5.74, 6) is 0. The fraction of sp³-hybridized carbons (Fsp3) is 0.647.